The molecule has 0 aromatic heterocycles. The second kappa shape index (κ2) is 8.85. The molecule has 0 bridgehead atoms. The molecule has 2 nitrogen and oxygen atoms in total. The molecular weight excluding hydrogens is 466 g/mol. The molecule has 0 N–H and O–H groups in total. The Morgan fingerprint density at radius 3 is 2.11 bits per heavy atom. The first-order valence-corrected chi connectivity index (χ1v) is 10.3. The number of aliphatic imine (C=N–C) groups is 1. The zero-order valence-electron chi connectivity index (χ0n) is 15.6. The van der Waals surface area contributed by atoms with Crippen molar-refractivity contribution >= 4 is 43.8 Å². The lowest BCUT2D eigenvalue weighted by atomic mass is 10.1. The molecule has 0 aliphatic heterocycles. The SMILES string of the molecule is Cc1ccc(COc2c(Br)cc(C=Nc3ccc(C)cc3C)cc2Br)cc1. The summed E-state index contributed by atoms with van der Waals surface area (Å²) in [7, 11) is 0. The third-order valence-corrected chi connectivity index (χ3v) is 5.41. The second-order valence-electron chi connectivity index (χ2n) is 6.64. The summed E-state index contributed by atoms with van der Waals surface area (Å²) in [4.78, 5) is 4.62. The number of rotatable bonds is 5. The molecule has 0 atom stereocenters. The molecule has 0 saturated carbocycles. The van der Waals surface area contributed by atoms with E-state index >= 15 is 0 Å². The smallest absolute Gasteiger partial charge is 0.148 e. The van der Waals surface area contributed by atoms with Crippen LogP contribution in [0.25, 0.3) is 0 Å². The van der Waals surface area contributed by atoms with E-state index in [-0.39, 0.29) is 0 Å². The van der Waals surface area contributed by atoms with E-state index in [9.17, 15) is 0 Å². The van der Waals surface area contributed by atoms with Crippen LogP contribution in [0.15, 0.2) is 68.5 Å². The fraction of sp³-hybridized carbons (Fsp3) is 0.174. The van der Waals surface area contributed by atoms with E-state index in [4.69, 9.17) is 4.74 Å². The fourth-order valence-electron chi connectivity index (χ4n) is 2.73. The predicted molar refractivity (Wildman–Crippen MR) is 121 cm³/mol. The van der Waals surface area contributed by atoms with Gasteiger partial charge in [-0.25, -0.2) is 0 Å². The molecule has 3 aromatic carbocycles. The predicted octanol–water partition coefficient (Wildman–Crippen LogP) is 7.47. The number of aryl methyl sites for hydroxylation is 3. The van der Waals surface area contributed by atoms with Crippen molar-refractivity contribution in [3.05, 3.63) is 91.4 Å². The molecule has 0 aliphatic carbocycles. The fourth-order valence-corrected chi connectivity index (χ4v) is 4.18. The van der Waals surface area contributed by atoms with E-state index in [1.54, 1.807) is 0 Å². The molecule has 0 aliphatic rings. The second-order valence-corrected chi connectivity index (χ2v) is 8.34. The van der Waals surface area contributed by atoms with Crippen molar-refractivity contribution in [2.24, 2.45) is 4.99 Å². The molecule has 3 rings (SSSR count). The van der Waals surface area contributed by atoms with Crippen molar-refractivity contribution in [2.75, 3.05) is 0 Å². The van der Waals surface area contributed by atoms with Crippen molar-refractivity contribution in [3.63, 3.8) is 0 Å². The standard InChI is InChI=1S/C23H21Br2NO/c1-15-4-7-18(8-5-15)14-27-23-20(24)11-19(12-21(23)25)13-26-22-9-6-16(2)10-17(22)3/h4-13H,14H2,1-3H3. The molecule has 0 fully saturated rings. The largest absolute Gasteiger partial charge is 0.487 e. The maximum atomic E-state index is 6.01. The quantitative estimate of drug-likeness (QED) is 0.343. The van der Waals surface area contributed by atoms with Crippen LogP contribution in [0.3, 0.4) is 0 Å². The average molecular weight is 487 g/mol. The van der Waals surface area contributed by atoms with Crippen LogP contribution in [0.4, 0.5) is 5.69 Å². The van der Waals surface area contributed by atoms with Crippen LogP contribution < -0.4 is 4.74 Å². The molecule has 0 spiro atoms. The van der Waals surface area contributed by atoms with Crippen LogP contribution in [-0.2, 0) is 6.61 Å². The van der Waals surface area contributed by atoms with E-state index in [0.29, 0.717) is 6.61 Å². The molecule has 0 radical (unpaired) electrons. The van der Waals surface area contributed by atoms with Crippen LogP contribution >= 0.6 is 31.9 Å². The number of hydrogen-bond donors (Lipinski definition) is 0. The molecule has 3 aromatic rings. The van der Waals surface area contributed by atoms with Gasteiger partial charge in [-0.05, 0) is 87.5 Å². The molecule has 0 heterocycles. The third kappa shape index (κ3) is 5.30. The van der Waals surface area contributed by atoms with Gasteiger partial charge in [-0.3, -0.25) is 4.99 Å². The summed E-state index contributed by atoms with van der Waals surface area (Å²) in [6.45, 7) is 6.77. The highest BCUT2D eigenvalue weighted by Gasteiger charge is 2.09. The molecule has 0 saturated heterocycles. The van der Waals surface area contributed by atoms with Gasteiger partial charge in [0.1, 0.15) is 12.4 Å². The minimum Gasteiger partial charge on any atom is -0.487 e. The van der Waals surface area contributed by atoms with Gasteiger partial charge < -0.3 is 4.74 Å². The minimum atomic E-state index is 0.521. The van der Waals surface area contributed by atoms with Crippen molar-refractivity contribution in [1.82, 2.24) is 0 Å². The lowest BCUT2D eigenvalue weighted by molar-refractivity contribution is 0.302. The van der Waals surface area contributed by atoms with Crippen molar-refractivity contribution in [3.8, 4) is 5.75 Å². The summed E-state index contributed by atoms with van der Waals surface area (Å²) in [5.74, 6) is 0.791. The maximum absolute atomic E-state index is 6.01. The Morgan fingerprint density at radius 1 is 0.852 bits per heavy atom. The Morgan fingerprint density at radius 2 is 1.48 bits per heavy atom. The summed E-state index contributed by atoms with van der Waals surface area (Å²) < 4.78 is 7.79. The third-order valence-electron chi connectivity index (χ3n) is 4.23. The Hall–Kier alpha value is -1.91. The van der Waals surface area contributed by atoms with Gasteiger partial charge in [-0.1, -0.05) is 47.5 Å². The van der Waals surface area contributed by atoms with Crippen LogP contribution in [0.5, 0.6) is 5.75 Å². The highest BCUT2D eigenvalue weighted by molar-refractivity contribution is 9.11. The molecule has 4 heteroatoms. The highest BCUT2D eigenvalue weighted by Crippen LogP contribution is 2.35. The summed E-state index contributed by atoms with van der Waals surface area (Å²) in [5, 5.41) is 0. The zero-order valence-corrected chi connectivity index (χ0v) is 18.8. The van der Waals surface area contributed by atoms with Crippen LogP contribution in [0.1, 0.15) is 27.8 Å². The number of nitrogens with zero attached hydrogens (tertiary/aromatic N) is 1. The molecule has 0 amide bonds. The number of ether oxygens (including phenoxy) is 1. The maximum Gasteiger partial charge on any atom is 0.148 e. The summed E-state index contributed by atoms with van der Waals surface area (Å²) in [6, 6.07) is 18.7. The Kier molecular flexibility index (Phi) is 6.51. The van der Waals surface area contributed by atoms with E-state index in [1.807, 2.05) is 24.4 Å². The monoisotopic (exact) mass is 485 g/mol. The van der Waals surface area contributed by atoms with Gasteiger partial charge in [-0.15, -0.1) is 0 Å². The van der Waals surface area contributed by atoms with E-state index in [0.717, 1.165) is 31.5 Å². The van der Waals surface area contributed by atoms with Gasteiger partial charge in [-0.2, -0.15) is 0 Å². The van der Waals surface area contributed by atoms with Crippen LogP contribution in [0, 0.1) is 20.8 Å². The number of benzene rings is 3. The van der Waals surface area contributed by atoms with E-state index in [2.05, 4.69) is 94.0 Å². The zero-order chi connectivity index (χ0) is 19.4. The van der Waals surface area contributed by atoms with Gasteiger partial charge in [0.2, 0.25) is 0 Å². The molecule has 0 unspecified atom stereocenters. The number of hydrogen-bond acceptors (Lipinski definition) is 2. The topological polar surface area (TPSA) is 21.6 Å². The summed E-state index contributed by atoms with van der Waals surface area (Å²) >= 11 is 7.23. The molecular formula is C23H21Br2NO. The first-order chi connectivity index (χ1) is 12.9. The first-order valence-electron chi connectivity index (χ1n) is 8.71. The van der Waals surface area contributed by atoms with Gasteiger partial charge >= 0.3 is 0 Å². The molecule has 138 valence electrons. The van der Waals surface area contributed by atoms with E-state index in [1.165, 1.54) is 16.7 Å². The van der Waals surface area contributed by atoms with Crippen LogP contribution in [-0.4, -0.2) is 6.21 Å². The Balaban J connectivity index is 1.75. The van der Waals surface area contributed by atoms with Crippen molar-refractivity contribution < 1.29 is 4.74 Å². The van der Waals surface area contributed by atoms with Crippen molar-refractivity contribution in [1.29, 1.82) is 0 Å². The van der Waals surface area contributed by atoms with Gasteiger partial charge in [0.05, 0.1) is 14.6 Å². The highest BCUT2D eigenvalue weighted by atomic mass is 79.9. The Bertz CT molecular complexity index is 955. The van der Waals surface area contributed by atoms with Crippen LogP contribution in [0.2, 0.25) is 0 Å². The normalized spacial score (nSPS) is 11.1. The lowest BCUT2D eigenvalue weighted by Crippen LogP contribution is -1.98. The summed E-state index contributed by atoms with van der Waals surface area (Å²) in [5.41, 5.74) is 6.77. The van der Waals surface area contributed by atoms with Crippen molar-refractivity contribution in [2.45, 2.75) is 27.4 Å². The summed E-state index contributed by atoms with van der Waals surface area (Å²) in [6.07, 6.45) is 1.87. The van der Waals surface area contributed by atoms with Gasteiger partial charge in [0.15, 0.2) is 0 Å². The van der Waals surface area contributed by atoms with Gasteiger partial charge in [0.25, 0.3) is 0 Å². The average Bonchev–Trinajstić information content (AvgIpc) is 2.62. The minimum absolute atomic E-state index is 0.521. The van der Waals surface area contributed by atoms with E-state index < -0.39 is 0 Å². The molecule has 27 heavy (non-hydrogen) atoms. The number of halogens is 2. The lowest BCUT2D eigenvalue weighted by Gasteiger charge is -2.11. The first kappa shape index (κ1) is 19.8. The Labute approximate surface area is 177 Å². The van der Waals surface area contributed by atoms with Gasteiger partial charge in [0, 0.05) is 6.21 Å².